The van der Waals surface area contributed by atoms with Crippen molar-refractivity contribution < 1.29 is 14.4 Å². The van der Waals surface area contributed by atoms with Crippen molar-refractivity contribution in [3.8, 4) is 0 Å². The van der Waals surface area contributed by atoms with Crippen LogP contribution in [0.15, 0.2) is 30.3 Å². The van der Waals surface area contributed by atoms with E-state index >= 15 is 0 Å². The summed E-state index contributed by atoms with van der Waals surface area (Å²) < 4.78 is 0. The van der Waals surface area contributed by atoms with Gasteiger partial charge in [-0.15, -0.1) is 0 Å². The Kier molecular flexibility index (Phi) is 6.94. The van der Waals surface area contributed by atoms with Crippen LogP contribution in [0.25, 0.3) is 0 Å². The number of nitrogens with zero attached hydrogens (tertiary/aromatic N) is 1. The number of carbonyl (C=O) groups is 3. The number of likely N-dealkylation sites (tertiary alicyclic amines) is 1. The molecule has 2 atom stereocenters. The first-order valence-corrected chi connectivity index (χ1v) is 8.60. The molecule has 1 heterocycles. The maximum atomic E-state index is 12.3. The van der Waals surface area contributed by atoms with E-state index in [0.29, 0.717) is 19.0 Å². The Balaban J connectivity index is 1.77. The summed E-state index contributed by atoms with van der Waals surface area (Å²) >= 11 is 0. The molecule has 7 nitrogen and oxygen atoms in total. The number of piperidine rings is 1. The molecule has 0 radical (unpaired) electrons. The van der Waals surface area contributed by atoms with Crippen LogP contribution < -0.4 is 16.4 Å². The highest BCUT2D eigenvalue weighted by atomic mass is 16.2. The van der Waals surface area contributed by atoms with Crippen LogP contribution >= 0.6 is 0 Å². The summed E-state index contributed by atoms with van der Waals surface area (Å²) in [6.45, 7) is 4.15. The van der Waals surface area contributed by atoms with E-state index in [2.05, 4.69) is 10.6 Å². The van der Waals surface area contributed by atoms with Gasteiger partial charge < -0.3 is 11.1 Å². The van der Waals surface area contributed by atoms with Gasteiger partial charge in [-0.2, -0.15) is 0 Å². The van der Waals surface area contributed by atoms with Gasteiger partial charge in [0.15, 0.2) is 0 Å². The lowest BCUT2D eigenvalue weighted by atomic mass is 9.96. The molecule has 1 aliphatic rings. The molecule has 0 aromatic heterocycles. The lowest BCUT2D eigenvalue weighted by Gasteiger charge is -2.32. The minimum atomic E-state index is -0.833. The third kappa shape index (κ3) is 6.19. The average molecular weight is 346 g/mol. The standard InChI is InChI=1S/C18H26N4O3/c1-13(15-7-3-2-4-8-15)17(24)20-10-14-6-5-9-22(11-14)12-16(23)21-18(19)25/h2-4,7-8,13-14H,5-6,9-12H2,1H3,(H,20,24)(H3,19,21,23,25)/t13-,14?/m0/s1. The van der Waals surface area contributed by atoms with Gasteiger partial charge in [-0.1, -0.05) is 30.3 Å². The molecular weight excluding hydrogens is 320 g/mol. The molecule has 0 spiro atoms. The highest BCUT2D eigenvalue weighted by molar-refractivity contribution is 5.94. The van der Waals surface area contributed by atoms with Gasteiger partial charge >= 0.3 is 6.03 Å². The number of benzene rings is 1. The molecule has 0 bridgehead atoms. The normalized spacial score (nSPS) is 19.0. The van der Waals surface area contributed by atoms with Crippen LogP contribution in [0.2, 0.25) is 0 Å². The van der Waals surface area contributed by atoms with E-state index in [1.807, 2.05) is 42.2 Å². The number of nitrogens with one attached hydrogen (secondary N) is 2. The van der Waals surface area contributed by atoms with Crippen molar-refractivity contribution in [2.45, 2.75) is 25.7 Å². The lowest BCUT2D eigenvalue weighted by molar-refractivity contribution is -0.123. The number of rotatable bonds is 6. The van der Waals surface area contributed by atoms with Gasteiger partial charge in [0.1, 0.15) is 0 Å². The molecule has 1 aliphatic heterocycles. The molecule has 1 saturated heterocycles. The highest BCUT2D eigenvalue weighted by Gasteiger charge is 2.23. The Morgan fingerprint density at radius 2 is 2.00 bits per heavy atom. The Morgan fingerprint density at radius 3 is 2.68 bits per heavy atom. The summed E-state index contributed by atoms with van der Waals surface area (Å²) in [7, 11) is 0. The van der Waals surface area contributed by atoms with E-state index in [9.17, 15) is 14.4 Å². The van der Waals surface area contributed by atoms with Crippen molar-refractivity contribution in [3.63, 3.8) is 0 Å². The molecule has 1 unspecified atom stereocenters. The molecule has 7 heteroatoms. The zero-order valence-corrected chi connectivity index (χ0v) is 14.5. The van der Waals surface area contributed by atoms with E-state index in [4.69, 9.17) is 5.73 Å². The molecule has 1 aromatic rings. The average Bonchev–Trinajstić information content (AvgIpc) is 2.59. The number of carbonyl (C=O) groups excluding carboxylic acids is 3. The fourth-order valence-electron chi connectivity index (χ4n) is 3.13. The highest BCUT2D eigenvalue weighted by Crippen LogP contribution is 2.17. The Bertz CT molecular complexity index is 606. The maximum Gasteiger partial charge on any atom is 0.318 e. The number of primary amides is 1. The van der Waals surface area contributed by atoms with Crippen molar-refractivity contribution in [2.24, 2.45) is 11.7 Å². The van der Waals surface area contributed by atoms with Crippen LogP contribution in [-0.4, -0.2) is 48.9 Å². The zero-order chi connectivity index (χ0) is 18.2. The molecule has 0 aliphatic carbocycles. The SMILES string of the molecule is C[C@H](C(=O)NCC1CCCN(CC(=O)NC(N)=O)C1)c1ccccc1. The van der Waals surface area contributed by atoms with Crippen molar-refractivity contribution >= 4 is 17.8 Å². The molecule has 4 N–H and O–H groups in total. The van der Waals surface area contributed by atoms with Crippen LogP contribution in [0.3, 0.4) is 0 Å². The Morgan fingerprint density at radius 1 is 1.28 bits per heavy atom. The van der Waals surface area contributed by atoms with E-state index in [1.165, 1.54) is 0 Å². The van der Waals surface area contributed by atoms with Gasteiger partial charge in [-0.25, -0.2) is 4.79 Å². The Hall–Kier alpha value is -2.41. The van der Waals surface area contributed by atoms with Gasteiger partial charge in [-0.3, -0.25) is 19.8 Å². The molecule has 4 amide bonds. The van der Waals surface area contributed by atoms with Crippen LogP contribution in [0.5, 0.6) is 0 Å². The van der Waals surface area contributed by atoms with E-state index in [-0.39, 0.29) is 18.4 Å². The maximum absolute atomic E-state index is 12.3. The van der Waals surface area contributed by atoms with Crippen molar-refractivity contribution in [1.29, 1.82) is 0 Å². The van der Waals surface area contributed by atoms with E-state index < -0.39 is 11.9 Å². The molecular formula is C18H26N4O3. The second-order valence-electron chi connectivity index (χ2n) is 6.53. The van der Waals surface area contributed by atoms with Crippen molar-refractivity contribution in [1.82, 2.24) is 15.5 Å². The number of urea groups is 1. The molecule has 0 saturated carbocycles. The predicted octanol–water partition coefficient (Wildman–Crippen LogP) is 0.813. The first-order valence-electron chi connectivity index (χ1n) is 8.60. The number of imide groups is 1. The summed E-state index contributed by atoms with van der Waals surface area (Å²) in [6.07, 6.45) is 1.96. The Labute approximate surface area is 147 Å². The number of hydrogen-bond donors (Lipinski definition) is 3. The van der Waals surface area contributed by atoms with Gasteiger partial charge in [0, 0.05) is 13.1 Å². The van der Waals surface area contributed by atoms with Gasteiger partial charge in [0.05, 0.1) is 12.5 Å². The number of nitrogens with two attached hydrogens (primary N) is 1. The molecule has 136 valence electrons. The molecule has 1 aromatic carbocycles. The summed E-state index contributed by atoms with van der Waals surface area (Å²) in [5.74, 6) is -0.283. The second kappa shape index (κ2) is 9.17. The lowest BCUT2D eigenvalue weighted by Crippen LogP contribution is -2.47. The molecule has 2 rings (SSSR count). The summed E-state index contributed by atoms with van der Waals surface area (Å²) in [5, 5.41) is 5.09. The van der Waals surface area contributed by atoms with Gasteiger partial charge in [0.25, 0.3) is 0 Å². The monoisotopic (exact) mass is 346 g/mol. The third-order valence-corrected chi connectivity index (χ3v) is 4.49. The fraction of sp³-hybridized carbons (Fsp3) is 0.500. The zero-order valence-electron chi connectivity index (χ0n) is 14.5. The summed E-state index contributed by atoms with van der Waals surface area (Å²) in [5.41, 5.74) is 5.94. The first-order chi connectivity index (χ1) is 12.0. The number of hydrogen-bond acceptors (Lipinski definition) is 4. The van der Waals surface area contributed by atoms with Gasteiger partial charge in [-0.05, 0) is 37.8 Å². The third-order valence-electron chi connectivity index (χ3n) is 4.49. The quantitative estimate of drug-likeness (QED) is 0.709. The largest absolute Gasteiger partial charge is 0.355 e. The minimum Gasteiger partial charge on any atom is -0.355 e. The van der Waals surface area contributed by atoms with Crippen LogP contribution in [0.4, 0.5) is 4.79 Å². The van der Waals surface area contributed by atoms with Crippen molar-refractivity contribution in [2.75, 3.05) is 26.2 Å². The fourth-order valence-corrected chi connectivity index (χ4v) is 3.13. The molecule has 25 heavy (non-hydrogen) atoms. The molecule has 1 fully saturated rings. The van der Waals surface area contributed by atoms with E-state index in [1.54, 1.807) is 0 Å². The van der Waals surface area contributed by atoms with Crippen molar-refractivity contribution in [3.05, 3.63) is 35.9 Å². The first kappa shape index (κ1) is 18.9. The van der Waals surface area contributed by atoms with Crippen LogP contribution in [-0.2, 0) is 9.59 Å². The summed E-state index contributed by atoms with van der Waals surface area (Å²) in [6, 6.07) is 8.85. The minimum absolute atomic E-state index is 0.00907. The van der Waals surface area contributed by atoms with Crippen LogP contribution in [0.1, 0.15) is 31.2 Å². The van der Waals surface area contributed by atoms with Gasteiger partial charge in [0.2, 0.25) is 11.8 Å². The topological polar surface area (TPSA) is 105 Å². The summed E-state index contributed by atoms with van der Waals surface area (Å²) in [4.78, 5) is 36.6. The number of amides is 4. The smallest absolute Gasteiger partial charge is 0.318 e. The predicted molar refractivity (Wildman–Crippen MR) is 94.8 cm³/mol. The van der Waals surface area contributed by atoms with E-state index in [0.717, 1.165) is 24.9 Å². The second-order valence-corrected chi connectivity index (χ2v) is 6.53. The van der Waals surface area contributed by atoms with Crippen LogP contribution in [0, 0.1) is 5.92 Å².